The van der Waals surface area contributed by atoms with Gasteiger partial charge < -0.3 is 73.7 Å². The SMILES string of the molecule is [Cl-].[Cl-].[Cl-].[NH3+]CCCOc1cc(C(=O)O)cc(OCCC[NH3+])c1OCCC[NH3+]. The molecular weight excluding hydrogens is 421 g/mol. The van der Waals surface area contributed by atoms with Crippen LogP contribution in [0.1, 0.15) is 29.6 Å². The standard InChI is InChI=1S/C16H27N3O5.3ClH/c17-4-1-7-22-13-10-12(16(20)21)11-14(23-8-2-5-18)15(13)24-9-3-6-19;;;/h10-11H,1-9,17-19H2,(H,20,21);3*1H. The molecule has 11 heteroatoms. The zero-order chi connectivity index (χ0) is 17.8. The second kappa shape index (κ2) is 18.2. The summed E-state index contributed by atoms with van der Waals surface area (Å²) in [5, 5.41) is 9.30. The Bertz CT molecular complexity index is 493. The van der Waals surface area contributed by atoms with Crippen molar-refractivity contribution in [1.82, 2.24) is 0 Å². The molecule has 0 aliphatic carbocycles. The molecule has 1 rings (SSSR count). The lowest BCUT2D eigenvalue weighted by molar-refractivity contribution is -0.369. The number of hydrogen-bond donors (Lipinski definition) is 4. The number of carboxylic acid groups (broad SMARTS) is 1. The van der Waals surface area contributed by atoms with Crippen molar-refractivity contribution in [2.45, 2.75) is 19.3 Å². The quantitative estimate of drug-likeness (QED) is 0.220. The van der Waals surface area contributed by atoms with Crippen LogP contribution in [-0.2, 0) is 0 Å². The average molecular weight is 451 g/mol. The number of carbonyl (C=O) groups is 1. The van der Waals surface area contributed by atoms with E-state index >= 15 is 0 Å². The maximum Gasteiger partial charge on any atom is 0.335 e. The van der Waals surface area contributed by atoms with Gasteiger partial charge in [0.25, 0.3) is 0 Å². The zero-order valence-corrected chi connectivity index (χ0v) is 17.6. The molecule has 1 aromatic carbocycles. The minimum absolute atomic E-state index is 0. The molecule has 0 unspecified atom stereocenters. The van der Waals surface area contributed by atoms with E-state index in [9.17, 15) is 9.90 Å². The molecule has 0 bridgehead atoms. The Morgan fingerprint density at radius 1 is 0.778 bits per heavy atom. The van der Waals surface area contributed by atoms with Gasteiger partial charge in [0.2, 0.25) is 5.75 Å². The van der Waals surface area contributed by atoms with Crippen molar-refractivity contribution in [3.63, 3.8) is 0 Å². The van der Waals surface area contributed by atoms with Gasteiger partial charge >= 0.3 is 5.97 Å². The fraction of sp³-hybridized carbons (Fsp3) is 0.562. The normalized spacial score (nSPS) is 9.30. The molecule has 0 spiro atoms. The number of quaternary nitrogens is 3. The van der Waals surface area contributed by atoms with E-state index in [-0.39, 0.29) is 42.8 Å². The Hall–Kier alpha value is -1.16. The molecule has 0 heterocycles. The van der Waals surface area contributed by atoms with Crippen LogP contribution in [-0.4, -0.2) is 50.5 Å². The Balaban J connectivity index is -0.00000192. The Labute approximate surface area is 178 Å². The van der Waals surface area contributed by atoms with Gasteiger partial charge in [-0.2, -0.15) is 0 Å². The van der Waals surface area contributed by atoms with Crippen LogP contribution in [0.4, 0.5) is 0 Å². The monoisotopic (exact) mass is 449 g/mol. The smallest absolute Gasteiger partial charge is 0.335 e. The van der Waals surface area contributed by atoms with Crippen molar-refractivity contribution in [2.24, 2.45) is 0 Å². The van der Waals surface area contributed by atoms with Crippen molar-refractivity contribution >= 4 is 5.97 Å². The number of ether oxygens (including phenoxy) is 3. The number of benzene rings is 1. The summed E-state index contributed by atoms with van der Waals surface area (Å²) < 4.78 is 17.2. The van der Waals surface area contributed by atoms with Gasteiger partial charge in [-0.05, 0) is 12.1 Å². The van der Waals surface area contributed by atoms with Crippen LogP contribution in [0, 0.1) is 0 Å². The first-order valence-corrected chi connectivity index (χ1v) is 8.31. The summed E-state index contributed by atoms with van der Waals surface area (Å²) in [7, 11) is 0. The van der Waals surface area contributed by atoms with E-state index in [0.717, 1.165) is 38.9 Å². The Morgan fingerprint density at radius 3 is 1.48 bits per heavy atom. The maximum absolute atomic E-state index is 11.4. The Morgan fingerprint density at radius 2 is 1.15 bits per heavy atom. The highest BCUT2D eigenvalue weighted by atomic mass is 35.5. The Kier molecular flexibility index (Phi) is 20.6. The first-order valence-electron chi connectivity index (χ1n) is 8.31. The fourth-order valence-corrected chi connectivity index (χ4v) is 1.90. The van der Waals surface area contributed by atoms with Gasteiger partial charge in [-0.15, -0.1) is 0 Å². The van der Waals surface area contributed by atoms with Crippen molar-refractivity contribution in [1.29, 1.82) is 0 Å². The fourth-order valence-electron chi connectivity index (χ4n) is 1.90. The first kappa shape index (κ1) is 30.6. The van der Waals surface area contributed by atoms with Crippen LogP contribution in [0.15, 0.2) is 12.1 Å². The van der Waals surface area contributed by atoms with Gasteiger partial charge in [0.15, 0.2) is 11.5 Å². The van der Waals surface area contributed by atoms with Crippen LogP contribution in [0.5, 0.6) is 17.2 Å². The van der Waals surface area contributed by atoms with E-state index < -0.39 is 5.97 Å². The minimum Gasteiger partial charge on any atom is -1.00 e. The zero-order valence-electron chi connectivity index (χ0n) is 15.4. The van der Waals surface area contributed by atoms with E-state index in [1.54, 1.807) is 0 Å². The lowest BCUT2D eigenvalue weighted by atomic mass is 10.2. The molecule has 1 aromatic rings. The molecule has 0 radical (unpaired) electrons. The topological polar surface area (TPSA) is 148 Å². The van der Waals surface area contributed by atoms with Crippen LogP contribution < -0.4 is 68.6 Å². The molecular formula is C16H30Cl3N3O5. The third-order valence-corrected chi connectivity index (χ3v) is 3.21. The van der Waals surface area contributed by atoms with Gasteiger partial charge in [0.05, 0.1) is 45.0 Å². The number of carboxylic acids is 1. The third-order valence-electron chi connectivity index (χ3n) is 3.21. The number of halogens is 3. The summed E-state index contributed by atoms with van der Waals surface area (Å²) in [6, 6.07) is 2.94. The van der Waals surface area contributed by atoms with E-state index in [2.05, 4.69) is 17.2 Å². The highest BCUT2D eigenvalue weighted by Gasteiger charge is 2.18. The summed E-state index contributed by atoms with van der Waals surface area (Å²) in [6.07, 6.45) is 2.33. The molecule has 0 amide bonds. The number of hydrogen-bond acceptors (Lipinski definition) is 4. The second-order valence-electron chi connectivity index (χ2n) is 5.27. The van der Waals surface area contributed by atoms with Gasteiger partial charge in [-0.25, -0.2) is 4.79 Å². The van der Waals surface area contributed by atoms with E-state index in [4.69, 9.17) is 14.2 Å². The van der Waals surface area contributed by atoms with Crippen molar-refractivity contribution in [3.8, 4) is 17.2 Å². The molecule has 160 valence electrons. The molecule has 10 N–H and O–H groups in total. The molecule has 0 fully saturated rings. The first-order chi connectivity index (χ1) is 11.6. The van der Waals surface area contributed by atoms with Gasteiger partial charge in [-0.3, -0.25) is 0 Å². The van der Waals surface area contributed by atoms with Crippen LogP contribution in [0.3, 0.4) is 0 Å². The third kappa shape index (κ3) is 11.3. The molecule has 8 nitrogen and oxygen atoms in total. The lowest BCUT2D eigenvalue weighted by Crippen LogP contribution is -3.00. The van der Waals surface area contributed by atoms with Crippen LogP contribution in [0.25, 0.3) is 0 Å². The highest BCUT2D eigenvalue weighted by molar-refractivity contribution is 5.89. The maximum atomic E-state index is 11.4. The number of aromatic carboxylic acids is 1. The predicted molar refractivity (Wildman–Crippen MR) is 87.0 cm³/mol. The average Bonchev–Trinajstić information content (AvgIpc) is 2.56. The summed E-state index contributed by atoms with van der Waals surface area (Å²) >= 11 is 0. The van der Waals surface area contributed by atoms with Crippen molar-refractivity contribution < 1.29 is 78.5 Å². The van der Waals surface area contributed by atoms with Crippen molar-refractivity contribution in [3.05, 3.63) is 17.7 Å². The van der Waals surface area contributed by atoms with E-state index in [1.807, 2.05) is 0 Å². The van der Waals surface area contributed by atoms with Crippen LogP contribution in [0.2, 0.25) is 0 Å². The molecule has 0 saturated carbocycles. The molecule has 0 saturated heterocycles. The molecule has 0 aromatic heterocycles. The van der Waals surface area contributed by atoms with Gasteiger partial charge in [-0.1, -0.05) is 0 Å². The highest BCUT2D eigenvalue weighted by Crippen LogP contribution is 2.39. The van der Waals surface area contributed by atoms with E-state index in [1.165, 1.54) is 12.1 Å². The summed E-state index contributed by atoms with van der Waals surface area (Å²) in [5.41, 5.74) is 11.4. The summed E-state index contributed by atoms with van der Waals surface area (Å²) in [5.74, 6) is 0.180. The summed E-state index contributed by atoms with van der Waals surface area (Å²) in [6.45, 7) is 3.58. The lowest BCUT2D eigenvalue weighted by Gasteiger charge is -2.17. The van der Waals surface area contributed by atoms with Crippen LogP contribution >= 0.6 is 0 Å². The largest absolute Gasteiger partial charge is 1.00 e. The minimum atomic E-state index is -1.04. The second-order valence-corrected chi connectivity index (χ2v) is 5.27. The molecule has 0 aliphatic heterocycles. The molecule has 27 heavy (non-hydrogen) atoms. The molecule has 0 atom stereocenters. The summed E-state index contributed by atoms with van der Waals surface area (Å²) in [4.78, 5) is 11.4. The van der Waals surface area contributed by atoms with Gasteiger partial charge in [0, 0.05) is 19.3 Å². The van der Waals surface area contributed by atoms with E-state index in [0.29, 0.717) is 37.1 Å². The predicted octanol–water partition coefficient (Wildman–Crippen LogP) is -10.6. The van der Waals surface area contributed by atoms with Crippen molar-refractivity contribution in [2.75, 3.05) is 39.5 Å². The van der Waals surface area contributed by atoms with Gasteiger partial charge in [0.1, 0.15) is 0 Å². The molecule has 0 aliphatic rings. The number of rotatable bonds is 13.